The Bertz CT molecular complexity index is 820. The molecule has 28 heavy (non-hydrogen) atoms. The summed E-state index contributed by atoms with van der Waals surface area (Å²) in [5.74, 6) is -0.182. The molecular weight excluding hydrogens is 355 g/mol. The van der Waals surface area contributed by atoms with E-state index in [9.17, 15) is 14.0 Å². The van der Waals surface area contributed by atoms with Gasteiger partial charge in [-0.15, -0.1) is 0 Å². The van der Waals surface area contributed by atoms with Crippen molar-refractivity contribution in [3.05, 3.63) is 71.3 Å². The molecule has 0 aromatic heterocycles. The Morgan fingerprint density at radius 2 is 1.57 bits per heavy atom. The number of amides is 2. The van der Waals surface area contributed by atoms with E-state index in [-0.39, 0.29) is 30.8 Å². The van der Waals surface area contributed by atoms with Crippen molar-refractivity contribution in [3.63, 3.8) is 0 Å². The van der Waals surface area contributed by atoms with E-state index in [1.54, 1.807) is 0 Å². The van der Waals surface area contributed by atoms with Gasteiger partial charge in [-0.2, -0.15) is 0 Å². The van der Waals surface area contributed by atoms with Gasteiger partial charge < -0.3 is 10.2 Å². The van der Waals surface area contributed by atoms with Crippen LogP contribution in [0.5, 0.6) is 0 Å². The smallest absolute Gasteiger partial charge is 0.243 e. The zero-order valence-electron chi connectivity index (χ0n) is 16.6. The third-order valence-corrected chi connectivity index (χ3v) is 5.31. The molecule has 1 fully saturated rings. The van der Waals surface area contributed by atoms with Gasteiger partial charge in [-0.25, -0.2) is 4.39 Å². The first-order valence-electron chi connectivity index (χ1n) is 9.73. The van der Waals surface area contributed by atoms with Crippen molar-refractivity contribution in [2.45, 2.75) is 51.4 Å². The lowest BCUT2D eigenvalue weighted by molar-refractivity contribution is -0.137. The molecular formula is C23H27FN2O2. The molecule has 2 aromatic carbocycles. The molecule has 1 N–H and O–H groups in total. The quantitative estimate of drug-likeness (QED) is 0.851. The Balaban J connectivity index is 1.87. The molecule has 0 saturated carbocycles. The van der Waals surface area contributed by atoms with Gasteiger partial charge in [0, 0.05) is 13.3 Å². The third kappa shape index (κ3) is 4.41. The number of nitrogens with zero attached hydrogens (tertiary/aromatic N) is 1. The Morgan fingerprint density at radius 1 is 1.00 bits per heavy atom. The van der Waals surface area contributed by atoms with Crippen molar-refractivity contribution < 1.29 is 14.0 Å². The van der Waals surface area contributed by atoms with Gasteiger partial charge in [0.05, 0.1) is 12.6 Å². The zero-order chi connectivity index (χ0) is 20.3. The van der Waals surface area contributed by atoms with Crippen LogP contribution < -0.4 is 5.32 Å². The van der Waals surface area contributed by atoms with E-state index in [0.717, 1.165) is 11.1 Å². The van der Waals surface area contributed by atoms with Crippen molar-refractivity contribution in [1.29, 1.82) is 0 Å². The van der Waals surface area contributed by atoms with E-state index in [1.807, 2.05) is 42.5 Å². The van der Waals surface area contributed by atoms with Crippen LogP contribution in [0.15, 0.2) is 54.6 Å². The van der Waals surface area contributed by atoms with E-state index < -0.39 is 12.2 Å². The van der Waals surface area contributed by atoms with Gasteiger partial charge in [0.15, 0.2) is 0 Å². The maximum absolute atomic E-state index is 13.9. The lowest BCUT2D eigenvalue weighted by Gasteiger charge is -2.26. The van der Waals surface area contributed by atoms with Crippen molar-refractivity contribution in [2.24, 2.45) is 0 Å². The molecule has 0 bridgehead atoms. The van der Waals surface area contributed by atoms with Crippen molar-refractivity contribution in [1.82, 2.24) is 10.2 Å². The molecule has 0 radical (unpaired) electrons. The fraction of sp³-hybridized carbons (Fsp3) is 0.391. The highest BCUT2D eigenvalue weighted by Gasteiger charge is 2.39. The summed E-state index contributed by atoms with van der Waals surface area (Å²) in [5.41, 5.74) is 3.12. The van der Waals surface area contributed by atoms with Crippen LogP contribution in [0.2, 0.25) is 0 Å². The first kappa shape index (κ1) is 20.1. The lowest BCUT2D eigenvalue weighted by atomic mass is 9.95. The number of rotatable bonds is 5. The molecule has 0 spiro atoms. The Labute approximate surface area is 165 Å². The number of likely N-dealkylation sites (tertiary alicyclic amines) is 1. The first-order chi connectivity index (χ1) is 13.4. The third-order valence-electron chi connectivity index (χ3n) is 5.31. The number of carbonyl (C=O) groups excluding carboxylic acids is 2. The Morgan fingerprint density at radius 3 is 2.14 bits per heavy atom. The molecule has 3 rings (SSSR count). The molecule has 4 nitrogen and oxygen atoms in total. The van der Waals surface area contributed by atoms with Crippen molar-refractivity contribution in [3.8, 4) is 0 Å². The van der Waals surface area contributed by atoms with Crippen LogP contribution in [0.4, 0.5) is 4.39 Å². The molecule has 1 heterocycles. The molecule has 5 heteroatoms. The second-order valence-electron chi connectivity index (χ2n) is 7.69. The predicted molar refractivity (Wildman–Crippen MR) is 108 cm³/mol. The monoisotopic (exact) mass is 382 g/mol. The number of alkyl halides is 1. The Hall–Kier alpha value is -2.69. The maximum Gasteiger partial charge on any atom is 0.243 e. The summed E-state index contributed by atoms with van der Waals surface area (Å²) in [5, 5.41) is 3.05. The van der Waals surface area contributed by atoms with Crippen molar-refractivity contribution >= 4 is 11.8 Å². The van der Waals surface area contributed by atoms with E-state index >= 15 is 0 Å². The predicted octanol–water partition coefficient (Wildman–Crippen LogP) is 3.97. The van der Waals surface area contributed by atoms with E-state index in [2.05, 4.69) is 31.3 Å². The molecule has 1 aliphatic heterocycles. The summed E-state index contributed by atoms with van der Waals surface area (Å²) < 4.78 is 13.9. The van der Waals surface area contributed by atoms with Crippen LogP contribution >= 0.6 is 0 Å². The highest BCUT2D eigenvalue weighted by molar-refractivity contribution is 5.88. The van der Waals surface area contributed by atoms with E-state index in [4.69, 9.17) is 0 Å². The summed E-state index contributed by atoms with van der Waals surface area (Å²) in [6, 6.07) is 16.7. The number of benzene rings is 2. The minimum Gasteiger partial charge on any atom is -0.343 e. The van der Waals surface area contributed by atoms with Gasteiger partial charge in [-0.05, 0) is 22.6 Å². The summed E-state index contributed by atoms with van der Waals surface area (Å²) in [6.45, 7) is 5.62. The normalized spacial score (nSPS) is 20.2. The molecule has 2 aromatic rings. The maximum atomic E-state index is 13.9. The topological polar surface area (TPSA) is 49.4 Å². The number of hydrogen-bond donors (Lipinski definition) is 1. The van der Waals surface area contributed by atoms with Crippen LogP contribution in [-0.4, -0.2) is 35.5 Å². The van der Waals surface area contributed by atoms with Crippen molar-refractivity contribution in [2.75, 3.05) is 6.54 Å². The number of halogens is 1. The highest BCUT2D eigenvalue weighted by atomic mass is 19.1. The summed E-state index contributed by atoms with van der Waals surface area (Å²) in [7, 11) is 0. The number of carbonyl (C=O) groups is 2. The lowest BCUT2D eigenvalue weighted by Crippen LogP contribution is -2.46. The minimum atomic E-state index is -1.17. The summed E-state index contributed by atoms with van der Waals surface area (Å²) >= 11 is 0. The first-order valence-corrected chi connectivity index (χ1v) is 9.73. The van der Waals surface area contributed by atoms with E-state index in [0.29, 0.717) is 5.92 Å². The largest absolute Gasteiger partial charge is 0.343 e. The van der Waals surface area contributed by atoms with Crippen LogP contribution in [0.1, 0.15) is 55.8 Å². The van der Waals surface area contributed by atoms with Gasteiger partial charge in [-0.1, -0.05) is 68.4 Å². The number of nitrogens with one attached hydrogen (secondary N) is 1. The van der Waals surface area contributed by atoms with Crippen LogP contribution in [-0.2, 0) is 9.59 Å². The van der Waals surface area contributed by atoms with Crippen LogP contribution in [0, 0.1) is 0 Å². The standard InChI is InChI=1S/C23H27FN2O2/c1-15(2)17-9-11-19(12-10-17)22(18-7-5-4-6-8-18)25-23(28)21-13-20(24)14-26(21)16(3)27/h4-12,15,20-22H,13-14H2,1-3H3,(H,25,28)/t20-,21+,22+/m1/s1. The van der Waals surface area contributed by atoms with Gasteiger partial charge in [0.1, 0.15) is 12.2 Å². The summed E-state index contributed by atoms with van der Waals surface area (Å²) in [6.07, 6.45) is -1.13. The van der Waals surface area contributed by atoms with Crippen LogP contribution in [0.3, 0.4) is 0 Å². The van der Waals surface area contributed by atoms with Gasteiger partial charge >= 0.3 is 0 Å². The molecule has 0 unspecified atom stereocenters. The Kier molecular flexibility index (Phi) is 6.12. The highest BCUT2D eigenvalue weighted by Crippen LogP contribution is 2.26. The SMILES string of the molecule is CC(=O)N1C[C@H](F)C[C@H]1C(=O)N[C@@H](c1ccccc1)c1ccc(C(C)C)cc1. The fourth-order valence-electron chi connectivity index (χ4n) is 3.70. The molecule has 2 amide bonds. The number of hydrogen-bond acceptors (Lipinski definition) is 2. The second kappa shape index (κ2) is 8.55. The summed E-state index contributed by atoms with van der Waals surface area (Å²) in [4.78, 5) is 26.1. The van der Waals surface area contributed by atoms with Gasteiger partial charge in [-0.3, -0.25) is 9.59 Å². The van der Waals surface area contributed by atoms with Gasteiger partial charge in [0.25, 0.3) is 0 Å². The zero-order valence-corrected chi connectivity index (χ0v) is 16.6. The van der Waals surface area contributed by atoms with Crippen LogP contribution in [0.25, 0.3) is 0 Å². The second-order valence-corrected chi connectivity index (χ2v) is 7.69. The average molecular weight is 382 g/mol. The molecule has 0 aliphatic carbocycles. The molecule has 3 atom stereocenters. The molecule has 1 saturated heterocycles. The molecule has 1 aliphatic rings. The molecule has 148 valence electrons. The fourth-order valence-corrected chi connectivity index (χ4v) is 3.70. The van der Waals surface area contributed by atoms with E-state index in [1.165, 1.54) is 17.4 Å². The van der Waals surface area contributed by atoms with Gasteiger partial charge in [0.2, 0.25) is 11.8 Å². The minimum absolute atomic E-state index is 0.0213. The average Bonchev–Trinajstić information content (AvgIpc) is 3.09.